The average molecular weight is 173 g/mol. The van der Waals surface area contributed by atoms with E-state index in [9.17, 15) is 4.79 Å². The quantitative estimate of drug-likeness (QED) is 0.605. The summed E-state index contributed by atoms with van der Waals surface area (Å²) in [7, 11) is 0. The molecule has 9 heavy (non-hydrogen) atoms. The minimum Gasteiger partial charge on any atom is -0.481 e. The van der Waals surface area contributed by atoms with E-state index in [1.54, 1.807) is 0 Å². The molecule has 0 unspecified atom stereocenters. The Bertz CT molecular complexity index is 97.2. The molecule has 0 saturated heterocycles. The standard InChI is InChI=1S/C6H10O2.Ni/c7-6(8)5-3-1-2-4-5;/h5H,1-4H2,(H,7,8);. The van der Waals surface area contributed by atoms with Gasteiger partial charge < -0.3 is 5.11 Å². The molecule has 0 spiro atoms. The van der Waals surface area contributed by atoms with Crippen molar-refractivity contribution in [2.75, 3.05) is 0 Å². The maximum atomic E-state index is 10.2. The van der Waals surface area contributed by atoms with E-state index in [1.807, 2.05) is 0 Å². The third-order valence-corrected chi connectivity index (χ3v) is 1.70. The van der Waals surface area contributed by atoms with Crippen molar-refractivity contribution in [3.63, 3.8) is 0 Å². The monoisotopic (exact) mass is 172 g/mol. The predicted octanol–water partition coefficient (Wildman–Crippen LogP) is 1.26. The number of carboxylic acids is 1. The smallest absolute Gasteiger partial charge is 0.306 e. The molecule has 1 aliphatic carbocycles. The van der Waals surface area contributed by atoms with Crippen LogP contribution in [-0.4, -0.2) is 11.1 Å². The van der Waals surface area contributed by atoms with Gasteiger partial charge in [0.05, 0.1) is 5.92 Å². The van der Waals surface area contributed by atoms with Gasteiger partial charge in [0, 0.05) is 16.5 Å². The van der Waals surface area contributed by atoms with Gasteiger partial charge in [-0.3, -0.25) is 4.79 Å². The van der Waals surface area contributed by atoms with Crippen molar-refractivity contribution in [2.24, 2.45) is 5.92 Å². The molecule has 0 bridgehead atoms. The topological polar surface area (TPSA) is 37.3 Å². The van der Waals surface area contributed by atoms with Crippen LogP contribution < -0.4 is 0 Å². The SMILES string of the molecule is O=C(O)C1CCCC1.[Ni]. The molecule has 0 atom stereocenters. The third-order valence-electron chi connectivity index (χ3n) is 1.70. The summed E-state index contributed by atoms with van der Waals surface area (Å²) in [6.07, 6.45) is 4.01. The van der Waals surface area contributed by atoms with Gasteiger partial charge in [-0.1, -0.05) is 12.8 Å². The van der Waals surface area contributed by atoms with Crippen molar-refractivity contribution < 1.29 is 26.4 Å². The molecular weight excluding hydrogens is 163 g/mol. The summed E-state index contributed by atoms with van der Waals surface area (Å²) in [6.45, 7) is 0. The molecule has 0 aromatic carbocycles. The van der Waals surface area contributed by atoms with Crippen LogP contribution in [0.25, 0.3) is 0 Å². The third kappa shape index (κ3) is 2.36. The molecule has 0 aliphatic heterocycles. The fourth-order valence-corrected chi connectivity index (χ4v) is 1.17. The Hall–Kier alpha value is -0.0365. The maximum absolute atomic E-state index is 10.2. The van der Waals surface area contributed by atoms with Crippen molar-refractivity contribution in [2.45, 2.75) is 25.7 Å². The Kier molecular flexibility index (Phi) is 3.87. The van der Waals surface area contributed by atoms with Crippen LogP contribution in [0.3, 0.4) is 0 Å². The molecule has 56 valence electrons. The van der Waals surface area contributed by atoms with Gasteiger partial charge in [0.1, 0.15) is 0 Å². The second kappa shape index (κ2) is 3.89. The van der Waals surface area contributed by atoms with E-state index in [0.29, 0.717) is 0 Å². The van der Waals surface area contributed by atoms with Gasteiger partial charge in [-0.05, 0) is 12.8 Å². The average Bonchev–Trinajstić information content (AvgIpc) is 2.12. The summed E-state index contributed by atoms with van der Waals surface area (Å²) >= 11 is 0. The van der Waals surface area contributed by atoms with Gasteiger partial charge in [0.25, 0.3) is 0 Å². The van der Waals surface area contributed by atoms with E-state index in [4.69, 9.17) is 5.11 Å². The first-order chi connectivity index (χ1) is 3.80. The summed E-state index contributed by atoms with van der Waals surface area (Å²) in [6, 6.07) is 0. The Morgan fingerprint density at radius 1 is 1.33 bits per heavy atom. The number of carboxylic acid groups (broad SMARTS) is 1. The van der Waals surface area contributed by atoms with Crippen LogP contribution in [0.5, 0.6) is 0 Å². The number of hydrogen-bond acceptors (Lipinski definition) is 1. The van der Waals surface area contributed by atoms with Gasteiger partial charge in [-0.15, -0.1) is 0 Å². The molecule has 0 amide bonds. The predicted molar refractivity (Wildman–Crippen MR) is 29.6 cm³/mol. The molecule has 3 heteroatoms. The van der Waals surface area contributed by atoms with Crippen LogP contribution >= 0.6 is 0 Å². The normalized spacial score (nSPS) is 19.1. The molecule has 1 saturated carbocycles. The van der Waals surface area contributed by atoms with Gasteiger partial charge in [-0.25, -0.2) is 0 Å². The zero-order chi connectivity index (χ0) is 5.98. The minimum absolute atomic E-state index is 0. The van der Waals surface area contributed by atoms with Crippen molar-refractivity contribution in [1.29, 1.82) is 0 Å². The summed E-state index contributed by atoms with van der Waals surface area (Å²) in [5.74, 6) is -0.627. The molecule has 1 rings (SSSR count). The van der Waals surface area contributed by atoms with Crippen LogP contribution in [-0.2, 0) is 21.3 Å². The first-order valence-electron chi connectivity index (χ1n) is 3.03. The van der Waals surface area contributed by atoms with Gasteiger partial charge in [-0.2, -0.15) is 0 Å². The maximum Gasteiger partial charge on any atom is 0.306 e. The molecular formula is C6H10NiO2. The Morgan fingerprint density at radius 3 is 2.00 bits per heavy atom. The number of carbonyl (C=O) groups is 1. The summed E-state index contributed by atoms with van der Waals surface area (Å²) in [5, 5.41) is 8.41. The molecule has 2 nitrogen and oxygen atoms in total. The van der Waals surface area contributed by atoms with Crippen LogP contribution in [0, 0.1) is 5.92 Å². The van der Waals surface area contributed by atoms with Crippen LogP contribution in [0.1, 0.15) is 25.7 Å². The van der Waals surface area contributed by atoms with Crippen molar-refractivity contribution in [3.8, 4) is 0 Å². The second-order valence-corrected chi connectivity index (χ2v) is 2.32. The van der Waals surface area contributed by atoms with Crippen molar-refractivity contribution in [1.82, 2.24) is 0 Å². The van der Waals surface area contributed by atoms with E-state index in [1.165, 1.54) is 0 Å². The molecule has 0 heterocycles. The van der Waals surface area contributed by atoms with Crippen molar-refractivity contribution >= 4 is 5.97 Å². The second-order valence-electron chi connectivity index (χ2n) is 2.32. The zero-order valence-corrected chi connectivity index (χ0v) is 6.07. The van der Waals surface area contributed by atoms with Crippen LogP contribution in [0.4, 0.5) is 0 Å². The first-order valence-corrected chi connectivity index (χ1v) is 3.03. The molecule has 1 aliphatic rings. The Balaban J connectivity index is 0.000000640. The largest absolute Gasteiger partial charge is 0.481 e. The Labute approximate surface area is 64.6 Å². The van der Waals surface area contributed by atoms with Gasteiger partial charge in [0.15, 0.2) is 0 Å². The molecule has 1 N–H and O–H groups in total. The van der Waals surface area contributed by atoms with E-state index in [0.717, 1.165) is 25.7 Å². The number of aliphatic carboxylic acids is 1. The van der Waals surface area contributed by atoms with Crippen LogP contribution in [0.15, 0.2) is 0 Å². The van der Waals surface area contributed by atoms with Crippen LogP contribution in [0.2, 0.25) is 0 Å². The number of hydrogen-bond donors (Lipinski definition) is 1. The zero-order valence-electron chi connectivity index (χ0n) is 5.08. The summed E-state index contributed by atoms with van der Waals surface area (Å²) < 4.78 is 0. The minimum atomic E-state index is -0.609. The van der Waals surface area contributed by atoms with E-state index < -0.39 is 5.97 Å². The summed E-state index contributed by atoms with van der Waals surface area (Å²) in [5.41, 5.74) is 0. The first kappa shape index (κ1) is 8.96. The fraction of sp³-hybridized carbons (Fsp3) is 0.833. The van der Waals surface area contributed by atoms with E-state index in [-0.39, 0.29) is 22.4 Å². The number of rotatable bonds is 1. The van der Waals surface area contributed by atoms with Crippen molar-refractivity contribution in [3.05, 3.63) is 0 Å². The van der Waals surface area contributed by atoms with Gasteiger partial charge >= 0.3 is 5.97 Å². The van der Waals surface area contributed by atoms with E-state index in [2.05, 4.69) is 0 Å². The molecule has 0 radical (unpaired) electrons. The molecule has 1 fully saturated rings. The fourth-order valence-electron chi connectivity index (χ4n) is 1.17. The molecule has 0 aromatic rings. The van der Waals surface area contributed by atoms with Gasteiger partial charge in [0.2, 0.25) is 0 Å². The summed E-state index contributed by atoms with van der Waals surface area (Å²) in [4.78, 5) is 10.2. The van der Waals surface area contributed by atoms with E-state index >= 15 is 0 Å². The Morgan fingerprint density at radius 2 is 1.78 bits per heavy atom. The molecule has 0 aromatic heterocycles.